The Balaban J connectivity index is 1.45. The molecule has 3 heterocycles. The van der Waals surface area contributed by atoms with Crippen LogP contribution in [0.15, 0.2) is 29.2 Å². The van der Waals surface area contributed by atoms with Crippen LogP contribution in [0, 0.1) is 17.1 Å². The summed E-state index contributed by atoms with van der Waals surface area (Å²) < 4.78 is 40.3. The number of benzene rings is 1. The number of nitrogens with two attached hydrogens (primary N) is 1. The molecular formula is C19H22FN5O4S. The molecule has 30 heavy (non-hydrogen) atoms. The largest absolute Gasteiger partial charge is 0.335 e. The van der Waals surface area contributed by atoms with E-state index in [9.17, 15) is 22.4 Å². The fraction of sp³-hybridized carbons (Fsp3) is 0.526. The number of nitriles is 1. The Kier molecular flexibility index (Phi) is 5.25. The Labute approximate surface area is 173 Å². The molecule has 0 saturated carbocycles. The number of likely N-dealkylation sites (tertiary alicyclic amines) is 2. The van der Waals surface area contributed by atoms with Gasteiger partial charge in [-0.2, -0.15) is 9.57 Å². The van der Waals surface area contributed by atoms with E-state index in [1.165, 1.54) is 21.9 Å². The van der Waals surface area contributed by atoms with Gasteiger partial charge in [0.05, 0.1) is 11.0 Å². The van der Waals surface area contributed by atoms with E-state index in [2.05, 4.69) is 6.07 Å². The van der Waals surface area contributed by atoms with Gasteiger partial charge >= 0.3 is 0 Å². The van der Waals surface area contributed by atoms with Crippen LogP contribution in [-0.4, -0.2) is 78.1 Å². The summed E-state index contributed by atoms with van der Waals surface area (Å²) in [5, 5.41) is 9.16. The number of piperazine rings is 1. The molecule has 0 aliphatic carbocycles. The molecular weight excluding hydrogens is 413 g/mol. The highest BCUT2D eigenvalue weighted by Crippen LogP contribution is 2.36. The molecule has 3 aliphatic rings. The quantitative estimate of drug-likeness (QED) is 0.673. The molecule has 0 aromatic heterocycles. The van der Waals surface area contributed by atoms with Gasteiger partial charge in [-0.15, -0.1) is 0 Å². The molecule has 160 valence electrons. The van der Waals surface area contributed by atoms with Gasteiger partial charge < -0.3 is 15.5 Å². The Morgan fingerprint density at radius 3 is 2.83 bits per heavy atom. The molecule has 2 bridgehead atoms. The predicted molar refractivity (Wildman–Crippen MR) is 103 cm³/mol. The van der Waals surface area contributed by atoms with E-state index in [0.29, 0.717) is 19.4 Å². The molecule has 3 aliphatic heterocycles. The van der Waals surface area contributed by atoms with Crippen molar-refractivity contribution < 1.29 is 22.4 Å². The molecule has 2 amide bonds. The first-order valence-corrected chi connectivity index (χ1v) is 11.2. The van der Waals surface area contributed by atoms with E-state index in [-0.39, 0.29) is 23.9 Å². The van der Waals surface area contributed by atoms with E-state index >= 15 is 0 Å². The van der Waals surface area contributed by atoms with Crippen molar-refractivity contribution in [1.82, 2.24) is 14.1 Å². The SMILES string of the molecule is N#CC1CCCN1C(=O)C(N)CN1C(=O)C2CC1CN2S(=O)(=O)c1cccc(F)c1. The second-order valence-corrected chi connectivity index (χ2v) is 9.74. The van der Waals surface area contributed by atoms with Gasteiger partial charge in [0.15, 0.2) is 0 Å². The lowest BCUT2D eigenvalue weighted by Crippen LogP contribution is -2.57. The van der Waals surface area contributed by atoms with Gasteiger partial charge in [0, 0.05) is 25.7 Å². The normalized spacial score (nSPS) is 27.5. The van der Waals surface area contributed by atoms with E-state index in [1.807, 2.05) is 0 Å². The lowest BCUT2D eigenvalue weighted by molar-refractivity contribution is -0.137. The number of fused-ring (bicyclic) bond motifs is 2. The third kappa shape index (κ3) is 3.34. The van der Waals surface area contributed by atoms with Gasteiger partial charge in [-0.05, 0) is 37.5 Å². The van der Waals surface area contributed by atoms with E-state index in [0.717, 1.165) is 22.9 Å². The van der Waals surface area contributed by atoms with Crippen LogP contribution in [0.2, 0.25) is 0 Å². The van der Waals surface area contributed by atoms with Gasteiger partial charge in [0.1, 0.15) is 23.9 Å². The van der Waals surface area contributed by atoms with Crippen LogP contribution < -0.4 is 5.73 Å². The molecule has 3 fully saturated rings. The number of halogens is 1. The third-order valence-electron chi connectivity index (χ3n) is 6.04. The van der Waals surface area contributed by atoms with Gasteiger partial charge in [-0.3, -0.25) is 9.59 Å². The molecule has 2 N–H and O–H groups in total. The predicted octanol–water partition coefficient (Wildman–Crippen LogP) is -0.359. The highest BCUT2D eigenvalue weighted by Gasteiger charge is 2.54. The summed E-state index contributed by atoms with van der Waals surface area (Å²) in [5.41, 5.74) is 6.05. The number of amides is 2. The first kappa shape index (κ1) is 20.7. The maximum Gasteiger partial charge on any atom is 0.243 e. The summed E-state index contributed by atoms with van der Waals surface area (Å²) in [7, 11) is -4.01. The number of nitrogens with zero attached hydrogens (tertiary/aromatic N) is 4. The molecule has 9 nitrogen and oxygen atoms in total. The first-order chi connectivity index (χ1) is 14.2. The average molecular weight is 435 g/mol. The van der Waals surface area contributed by atoms with Crippen molar-refractivity contribution in [3.8, 4) is 6.07 Å². The van der Waals surface area contributed by atoms with Crippen molar-refractivity contribution >= 4 is 21.8 Å². The summed E-state index contributed by atoms with van der Waals surface area (Å²) in [5.74, 6) is -1.46. The number of carbonyl (C=O) groups excluding carboxylic acids is 2. The maximum atomic E-state index is 13.5. The van der Waals surface area contributed by atoms with Crippen molar-refractivity contribution in [2.24, 2.45) is 5.73 Å². The molecule has 4 rings (SSSR count). The Hall–Kier alpha value is -2.55. The van der Waals surface area contributed by atoms with Crippen LogP contribution in [-0.2, 0) is 19.6 Å². The smallest absolute Gasteiger partial charge is 0.243 e. The Morgan fingerprint density at radius 2 is 2.17 bits per heavy atom. The van der Waals surface area contributed by atoms with Crippen molar-refractivity contribution in [2.45, 2.75) is 48.3 Å². The monoisotopic (exact) mass is 435 g/mol. The summed E-state index contributed by atoms with van der Waals surface area (Å²) in [4.78, 5) is 28.2. The molecule has 0 radical (unpaired) electrons. The minimum absolute atomic E-state index is 0.0265. The highest BCUT2D eigenvalue weighted by atomic mass is 32.2. The zero-order valence-corrected chi connectivity index (χ0v) is 17.0. The van der Waals surface area contributed by atoms with Crippen LogP contribution in [0.5, 0.6) is 0 Å². The minimum Gasteiger partial charge on any atom is -0.335 e. The summed E-state index contributed by atoms with van der Waals surface area (Å²) in [6.45, 7) is 0.506. The second kappa shape index (κ2) is 7.61. The maximum absolute atomic E-state index is 13.5. The molecule has 4 atom stereocenters. The minimum atomic E-state index is -4.01. The highest BCUT2D eigenvalue weighted by molar-refractivity contribution is 7.89. The molecule has 0 spiro atoms. The standard InChI is InChI=1S/C19H22FN5O4S/c20-12-3-1-5-15(7-12)30(28,29)25-10-14-8-17(25)19(27)24(14)11-16(22)18(26)23-6-2-4-13(23)9-21/h1,3,5,7,13-14,16-17H,2,4,6,8,10-11,22H2. The average Bonchev–Trinajstić information content (AvgIpc) is 3.43. The number of hydrogen-bond acceptors (Lipinski definition) is 6. The number of carbonyl (C=O) groups is 2. The van der Waals surface area contributed by atoms with Gasteiger partial charge in [-0.1, -0.05) is 6.07 Å². The van der Waals surface area contributed by atoms with Crippen molar-refractivity contribution in [3.05, 3.63) is 30.1 Å². The van der Waals surface area contributed by atoms with E-state index < -0.39 is 45.9 Å². The summed E-state index contributed by atoms with van der Waals surface area (Å²) in [6.07, 6.45) is 1.64. The van der Waals surface area contributed by atoms with Crippen molar-refractivity contribution in [3.63, 3.8) is 0 Å². The first-order valence-electron chi connectivity index (χ1n) is 9.77. The third-order valence-corrected chi connectivity index (χ3v) is 7.91. The van der Waals surface area contributed by atoms with E-state index in [1.54, 1.807) is 0 Å². The summed E-state index contributed by atoms with van der Waals surface area (Å²) >= 11 is 0. The van der Waals surface area contributed by atoms with Crippen LogP contribution in [0.3, 0.4) is 0 Å². The molecule has 1 aromatic carbocycles. The van der Waals surface area contributed by atoms with Crippen molar-refractivity contribution in [2.75, 3.05) is 19.6 Å². The van der Waals surface area contributed by atoms with Gasteiger partial charge in [0.2, 0.25) is 21.8 Å². The van der Waals surface area contributed by atoms with Gasteiger partial charge in [-0.25, -0.2) is 12.8 Å². The van der Waals surface area contributed by atoms with Crippen LogP contribution in [0.25, 0.3) is 0 Å². The number of hydrogen-bond donors (Lipinski definition) is 1. The Morgan fingerprint density at radius 1 is 1.40 bits per heavy atom. The lowest BCUT2D eigenvalue weighted by Gasteiger charge is -2.35. The fourth-order valence-electron chi connectivity index (χ4n) is 4.54. The number of sulfonamides is 1. The van der Waals surface area contributed by atoms with E-state index in [4.69, 9.17) is 11.0 Å². The lowest BCUT2D eigenvalue weighted by atomic mass is 10.2. The second-order valence-electron chi connectivity index (χ2n) is 7.85. The van der Waals surface area contributed by atoms with Crippen LogP contribution in [0.4, 0.5) is 4.39 Å². The van der Waals surface area contributed by atoms with Crippen LogP contribution in [0.1, 0.15) is 19.3 Å². The number of rotatable bonds is 5. The van der Waals surface area contributed by atoms with Gasteiger partial charge in [0.25, 0.3) is 0 Å². The topological polar surface area (TPSA) is 128 Å². The fourth-order valence-corrected chi connectivity index (χ4v) is 6.20. The molecule has 4 unspecified atom stereocenters. The van der Waals surface area contributed by atoms with Crippen molar-refractivity contribution in [1.29, 1.82) is 5.26 Å². The van der Waals surface area contributed by atoms with Crippen LogP contribution >= 0.6 is 0 Å². The zero-order valence-electron chi connectivity index (χ0n) is 16.1. The zero-order chi connectivity index (χ0) is 21.6. The Bertz CT molecular complexity index is 1030. The molecule has 1 aromatic rings. The summed E-state index contributed by atoms with van der Waals surface area (Å²) in [6, 6.07) is 4.02. The molecule has 3 saturated heterocycles. The molecule has 11 heteroatoms.